The van der Waals surface area contributed by atoms with Crippen molar-refractivity contribution in [2.24, 2.45) is 5.92 Å². The van der Waals surface area contributed by atoms with Gasteiger partial charge < -0.3 is 15.0 Å². The van der Waals surface area contributed by atoms with Crippen LogP contribution in [-0.2, 0) is 6.42 Å². The smallest absolute Gasteiger partial charge is 0.256 e. The Hall–Kier alpha value is -2.63. The lowest BCUT2D eigenvalue weighted by Crippen LogP contribution is -2.38. The Morgan fingerprint density at radius 1 is 1.27 bits per heavy atom. The summed E-state index contributed by atoms with van der Waals surface area (Å²) in [6.07, 6.45) is 6.20. The molecule has 0 spiro atoms. The number of amides is 1. The molecular weight excluding hydrogens is 328 g/mol. The molecule has 1 N–H and O–H groups in total. The van der Waals surface area contributed by atoms with Gasteiger partial charge in [0, 0.05) is 32.0 Å². The molecule has 0 bridgehead atoms. The van der Waals surface area contributed by atoms with Crippen LogP contribution >= 0.6 is 0 Å². The number of nitrogens with one attached hydrogen (secondary N) is 1. The van der Waals surface area contributed by atoms with E-state index >= 15 is 0 Å². The minimum absolute atomic E-state index is 0.0276. The van der Waals surface area contributed by atoms with E-state index in [0.29, 0.717) is 24.0 Å². The predicted molar refractivity (Wildman–Crippen MR) is 102 cm³/mol. The fraction of sp³-hybridized carbons (Fsp3) is 0.450. The van der Waals surface area contributed by atoms with Gasteiger partial charge in [-0.15, -0.1) is 0 Å². The Labute approximate surface area is 154 Å². The van der Waals surface area contributed by atoms with Crippen LogP contribution in [0.5, 0.6) is 5.75 Å². The zero-order chi connectivity index (χ0) is 18.4. The van der Waals surface area contributed by atoms with E-state index in [9.17, 15) is 4.79 Å². The van der Waals surface area contributed by atoms with Crippen molar-refractivity contribution in [3.63, 3.8) is 0 Å². The summed E-state index contributed by atoms with van der Waals surface area (Å²) in [4.78, 5) is 22.9. The Morgan fingerprint density at radius 3 is 2.69 bits per heavy atom. The Morgan fingerprint density at radius 2 is 2.00 bits per heavy atom. The zero-order valence-electron chi connectivity index (χ0n) is 15.4. The van der Waals surface area contributed by atoms with E-state index < -0.39 is 0 Å². The molecule has 0 aliphatic carbocycles. The van der Waals surface area contributed by atoms with Gasteiger partial charge in [-0.2, -0.15) is 0 Å². The average Bonchev–Trinajstić information content (AvgIpc) is 2.69. The third kappa shape index (κ3) is 4.71. The summed E-state index contributed by atoms with van der Waals surface area (Å²) < 4.78 is 5.23. The van der Waals surface area contributed by atoms with Crippen LogP contribution < -0.4 is 10.1 Å². The van der Waals surface area contributed by atoms with Crippen molar-refractivity contribution in [2.45, 2.75) is 26.2 Å². The Balaban J connectivity index is 1.50. The number of hydrogen-bond acceptors (Lipinski definition) is 5. The quantitative estimate of drug-likeness (QED) is 0.864. The van der Waals surface area contributed by atoms with E-state index in [2.05, 4.69) is 28.3 Å². The van der Waals surface area contributed by atoms with E-state index in [1.807, 2.05) is 23.1 Å². The second-order valence-corrected chi connectivity index (χ2v) is 6.80. The Bertz CT molecular complexity index is 725. The zero-order valence-corrected chi connectivity index (χ0v) is 15.4. The molecule has 1 aromatic carbocycles. The highest BCUT2D eigenvalue weighted by Gasteiger charge is 2.21. The second kappa shape index (κ2) is 8.65. The highest BCUT2D eigenvalue weighted by molar-refractivity contribution is 5.93. The van der Waals surface area contributed by atoms with Gasteiger partial charge in [-0.1, -0.05) is 19.1 Å². The summed E-state index contributed by atoms with van der Waals surface area (Å²) in [5.74, 6) is 2.12. The van der Waals surface area contributed by atoms with Crippen molar-refractivity contribution in [1.82, 2.24) is 14.9 Å². The second-order valence-electron chi connectivity index (χ2n) is 6.80. The molecule has 6 nitrogen and oxygen atoms in total. The predicted octanol–water partition coefficient (Wildman–Crippen LogP) is 3.01. The lowest BCUT2D eigenvalue weighted by Gasteiger charge is -2.30. The molecule has 26 heavy (non-hydrogen) atoms. The first kappa shape index (κ1) is 18.2. The van der Waals surface area contributed by atoms with Gasteiger partial charge in [0.15, 0.2) is 0 Å². The monoisotopic (exact) mass is 354 g/mol. The van der Waals surface area contributed by atoms with E-state index in [0.717, 1.165) is 38.1 Å². The van der Waals surface area contributed by atoms with Crippen molar-refractivity contribution in [3.8, 4) is 5.75 Å². The first-order valence-corrected chi connectivity index (χ1v) is 9.14. The van der Waals surface area contributed by atoms with Crippen LogP contribution in [0.3, 0.4) is 0 Å². The largest absolute Gasteiger partial charge is 0.497 e. The first-order valence-electron chi connectivity index (χ1n) is 9.14. The van der Waals surface area contributed by atoms with Gasteiger partial charge in [-0.25, -0.2) is 9.97 Å². The molecule has 1 aliphatic rings. The van der Waals surface area contributed by atoms with Gasteiger partial charge in [0.2, 0.25) is 5.95 Å². The maximum atomic E-state index is 12.5. The van der Waals surface area contributed by atoms with Crippen LogP contribution in [0, 0.1) is 5.92 Å². The summed E-state index contributed by atoms with van der Waals surface area (Å²) in [7, 11) is 1.67. The van der Waals surface area contributed by atoms with Crippen molar-refractivity contribution in [2.75, 3.05) is 32.1 Å². The van der Waals surface area contributed by atoms with Gasteiger partial charge in [-0.05, 0) is 42.9 Å². The van der Waals surface area contributed by atoms with Crippen molar-refractivity contribution in [3.05, 3.63) is 47.8 Å². The maximum absolute atomic E-state index is 12.5. The summed E-state index contributed by atoms with van der Waals surface area (Å²) in [6.45, 7) is 4.59. The van der Waals surface area contributed by atoms with Crippen LogP contribution in [0.15, 0.2) is 36.7 Å². The molecule has 0 saturated carbocycles. The number of anilines is 1. The number of hydrogen-bond donors (Lipinski definition) is 1. The number of carbonyl (C=O) groups excluding carboxylic acids is 1. The van der Waals surface area contributed by atoms with Crippen LogP contribution in [0.4, 0.5) is 5.95 Å². The summed E-state index contributed by atoms with van der Waals surface area (Å²) in [5.41, 5.74) is 1.74. The first-order chi connectivity index (χ1) is 12.7. The minimum Gasteiger partial charge on any atom is -0.497 e. The van der Waals surface area contributed by atoms with Crippen LogP contribution in [0.1, 0.15) is 35.7 Å². The van der Waals surface area contributed by atoms with Crippen LogP contribution in [0.25, 0.3) is 0 Å². The number of piperidine rings is 1. The SMILES string of the molecule is COc1cccc(CCNc2ncc(C(=O)N3CCC(C)CC3)cn2)c1. The Kier molecular flexibility index (Phi) is 6.04. The number of rotatable bonds is 6. The fourth-order valence-electron chi connectivity index (χ4n) is 3.07. The fourth-order valence-corrected chi connectivity index (χ4v) is 3.07. The molecule has 2 aromatic rings. The third-order valence-electron chi connectivity index (χ3n) is 4.80. The summed E-state index contributed by atoms with van der Waals surface area (Å²) in [6, 6.07) is 7.99. The van der Waals surface area contributed by atoms with Gasteiger partial charge in [0.05, 0.1) is 12.7 Å². The molecule has 1 saturated heterocycles. The van der Waals surface area contributed by atoms with Gasteiger partial charge in [-0.3, -0.25) is 4.79 Å². The summed E-state index contributed by atoms with van der Waals surface area (Å²) >= 11 is 0. The van der Waals surface area contributed by atoms with Crippen molar-refractivity contribution >= 4 is 11.9 Å². The number of benzene rings is 1. The topological polar surface area (TPSA) is 67.3 Å². The third-order valence-corrected chi connectivity index (χ3v) is 4.80. The van der Waals surface area contributed by atoms with E-state index in [1.54, 1.807) is 19.5 Å². The molecule has 138 valence electrons. The molecular formula is C20H26N4O2. The van der Waals surface area contributed by atoms with Crippen molar-refractivity contribution < 1.29 is 9.53 Å². The number of nitrogens with zero attached hydrogens (tertiary/aromatic N) is 3. The number of methoxy groups -OCH3 is 1. The van der Waals surface area contributed by atoms with Crippen LogP contribution in [0.2, 0.25) is 0 Å². The lowest BCUT2D eigenvalue weighted by atomic mass is 9.99. The van der Waals surface area contributed by atoms with Crippen molar-refractivity contribution in [1.29, 1.82) is 0 Å². The number of likely N-dealkylation sites (tertiary alicyclic amines) is 1. The number of ether oxygens (including phenoxy) is 1. The van der Waals surface area contributed by atoms with Gasteiger partial charge >= 0.3 is 0 Å². The number of carbonyl (C=O) groups is 1. The van der Waals surface area contributed by atoms with Gasteiger partial charge in [0.25, 0.3) is 5.91 Å². The average molecular weight is 354 g/mol. The molecule has 1 aliphatic heterocycles. The highest BCUT2D eigenvalue weighted by atomic mass is 16.5. The maximum Gasteiger partial charge on any atom is 0.256 e. The van der Waals surface area contributed by atoms with E-state index in [4.69, 9.17) is 4.74 Å². The van der Waals surface area contributed by atoms with E-state index in [-0.39, 0.29) is 5.91 Å². The molecule has 1 fully saturated rings. The van der Waals surface area contributed by atoms with Gasteiger partial charge in [0.1, 0.15) is 5.75 Å². The number of aromatic nitrogens is 2. The highest BCUT2D eigenvalue weighted by Crippen LogP contribution is 2.18. The molecule has 1 amide bonds. The lowest BCUT2D eigenvalue weighted by molar-refractivity contribution is 0.0696. The molecule has 0 radical (unpaired) electrons. The molecule has 2 heterocycles. The normalized spacial score (nSPS) is 14.9. The molecule has 1 aromatic heterocycles. The molecule has 3 rings (SSSR count). The minimum atomic E-state index is 0.0276. The van der Waals surface area contributed by atoms with Crippen LogP contribution in [-0.4, -0.2) is 47.5 Å². The van der Waals surface area contributed by atoms with E-state index in [1.165, 1.54) is 5.56 Å². The molecule has 0 atom stereocenters. The molecule has 0 unspecified atom stereocenters. The summed E-state index contributed by atoms with van der Waals surface area (Å²) in [5, 5.41) is 3.19. The molecule has 6 heteroatoms. The standard InChI is InChI=1S/C20H26N4O2/c1-15-7-10-24(11-8-15)19(25)17-13-22-20(23-14-17)21-9-6-16-4-3-5-18(12-16)26-2/h3-5,12-15H,6-11H2,1-2H3,(H,21,22,23).